The lowest BCUT2D eigenvalue weighted by atomic mass is 9.90. The molecule has 0 bridgehead atoms. The number of hydrogen-bond donors (Lipinski definition) is 2. The molecule has 2 fully saturated rings. The van der Waals surface area contributed by atoms with Crippen LogP contribution < -0.4 is 10.6 Å². The lowest BCUT2D eigenvalue weighted by Gasteiger charge is -2.47. The maximum absolute atomic E-state index is 11.5. The SMILES string of the molecule is CC(C)CC1NC2(CNC1=O)COC2. The summed E-state index contributed by atoms with van der Waals surface area (Å²) in [7, 11) is 0. The third kappa shape index (κ3) is 1.77. The Bertz CT molecular complexity index is 236. The van der Waals surface area contributed by atoms with Crippen molar-refractivity contribution in [3.05, 3.63) is 0 Å². The standard InChI is InChI=1S/C10H18N2O2/c1-7(2)3-8-9(13)11-4-10(12-8)5-14-6-10/h7-8,12H,3-6H2,1-2H3,(H,11,13). The predicted molar refractivity (Wildman–Crippen MR) is 52.9 cm³/mol. The molecule has 0 aliphatic carbocycles. The minimum Gasteiger partial charge on any atom is -0.377 e. The summed E-state index contributed by atoms with van der Waals surface area (Å²) in [5, 5.41) is 6.36. The van der Waals surface area contributed by atoms with Crippen molar-refractivity contribution in [3.63, 3.8) is 0 Å². The summed E-state index contributed by atoms with van der Waals surface area (Å²) in [6.07, 6.45) is 0.896. The van der Waals surface area contributed by atoms with Crippen molar-refractivity contribution < 1.29 is 9.53 Å². The van der Waals surface area contributed by atoms with E-state index < -0.39 is 0 Å². The molecule has 1 unspecified atom stereocenters. The second-order valence-corrected chi connectivity index (χ2v) is 4.82. The number of carbonyl (C=O) groups is 1. The van der Waals surface area contributed by atoms with E-state index in [2.05, 4.69) is 24.5 Å². The summed E-state index contributed by atoms with van der Waals surface area (Å²) in [6, 6.07) is -0.0346. The van der Waals surface area contributed by atoms with Crippen LogP contribution in [0.4, 0.5) is 0 Å². The van der Waals surface area contributed by atoms with Gasteiger partial charge < -0.3 is 10.1 Å². The van der Waals surface area contributed by atoms with E-state index in [1.807, 2.05) is 0 Å². The molecule has 2 aliphatic heterocycles. The number of nitrogens with one attached hydrogen (secondary N) is 2. The molecule has 0 aromatic carbocycles. The van der Waals surface area contributed by atoms with Crippen LogP contribution >= 0.6 is 0 Å². The Labute approximate surface area is 84.4 Å². The van der Waals surface area contributed by atoms with Crippen LogP contribution in [0.5, 0.6) is 0 Å². The molecule has 1 atom stereocenters. The summed E-state index contributed by atoms with van der Waals surface area (Å²) in [5.74, 6) is 0.672. The van der Waals surface area contributed by atoms with Crippen molar-refractivity contribution in [2.24, 2.45) is 5.92 Å². The van der Waals surface area contributed by atoms with Gasteiger partial charge in [0.15, 0.2) is 0 Å². The van der Waals surface area contributed by atoms with Gasteiger partial charge in [-0.25, -0.2) is 0 Å². The Kier molecular flexibility index (Phi) is 2.49. The monoisotopic (exact) mass is 198 g/mol. The second-order valence-electron chi connectivity index (χ2n) is 4.82. The molecule has 14 heavy (non-hydrogen) atoms. The molecular formula is C10H18N2O2. The number of carbonyl (C=O) groups excluding carboxylic acids is 1. The van der Waals surface area contributed by atoms with Gasteiger partial charge in [-0.1, -0.05) is 13.8 Å². The maximum Gasteiger partial charge on any atom is 0.237 e. The Hall–Kier alpha value is -0.610. The zero-order valence-corrected chi connectivity index (χ0v) is 8.80. The molecule has 80 valence electrons. The van der Waals surface area contributed by atoms with E-state index in [1.165, 1.54) is 0 Å². The molecular weight excluding hydrogens is 180 g/mol. The van der Waals surface area contributed by atoms with Gasteiger partial charge in [-0.05, 0) is 12.3 Å². The van der Waals surface area contributed by atoms with Gasteiger partial charge in [0.25, 0.3) is 0 Å². The minimum absolute atomic E-state index is 0.0346. The average Bonchev–Trinajstić information content (AvgIpc) is 2.05. The van der Waals surface area contributed by atoms with E-state index in [4.69, 9.17) is 4.74 Å². The zero-order valence-electron chi connectivity index (χ0n) is 8.80. The molecule has 0 aromatic rings. The van der Waals surface area contributed by atoms with Crippen molar-refractivity contribution in [2.75, 3.05) is 19.8 Å². The highest BCUT2D eigenvalue weighted by atomic mass is 16.5. The third-order valence-corrected chi connectivity index (χ3v) is 2.86. The van der Waals surface area contributed by atoms with Gasteiger partial charge in [-0.2, -0.15) is 0 Å². The summed E-state index contributed by atoms with van der Waals surface area (Å²) in [6.45, 7) is 6.42. The highest BCUT2D eigenvalue weighted by molar-refractivity contribution is 5.83. The molecule has 4 nitrogen and oxygen atoms in total. The van der Waals surface area contributed by atoms with Gasteiger partial charge >= 0.3 is 0 Å². The molecule has 2 saturated heterocycles. The molecule has 2 aliphatic rings. The van der Waals surface area contributed by atoms with E-state index >= 15 is 0 Å². The Morgan fingerprint density at radius 2 is 2.29 bits per heavy atom. The first-order valence-corrected chi connectivity index (χ1v) is 5.24. The van der Waals surface area contributed by atoms with Crippen LogP contribution in [0.15, 0.2) is 0 Å². The second kappa shape index (κ2) is 3.51. The fourth-order valence-corrected chi connectivity index (χ4v) is 2.04. The smallest absolute Gasteiger partial charge is 0.237 e. The van der Waals surface area contributed by atoms with Crippen LogP contribution in [-0.4, -0.2) is 37.2 Å². The van der Waals surface area contributed by atoms with Gasteiger partial charge in [-0.15, -0.1) is 0 Å². The van der Waals surface area contributed by atoms with E-state index in [1.54, 1.807) is 0 Å². The summed E-state index contributed by atoms with van der Waals surface area (Å²) in [5.41, 5.74) is 0.0352. The van der Waals surface area contributed by atoms with Crippen molar-refractivity contribution in [3.8, 4) is 0 Å². The molecule has 4 heteroatoms. The normalized spacial score (nSPS) is 30.2. The van der Waals surface area contributed by atoms with Crippen LogP contribution in [-0.2, 0) is 9.53 Å². The Balaban J connectivity index is 1.96. The number of ether oxygens (including phenoxy) is 1. The van der Waals surface area contributed by atoms with Gasteiger partial charge in [0.1, 0.15) is 0 Å². The highest BCUT2D eigenvalue weighted by Gasteiger charge is 2.45. The summed E-state index contributed by atoms with van der Waals surface area (Å²) >= 11 is 0. The quantitative estimate of drug-likeness (QED) is 0.651. The Morgan fingerprint density at radius 3 is 2.79 bits per heavy atom. The van der Waals surface area contributed by atoms with E-state index in [0.29, 0.717) is 12.5 Å². The van der Waals surface area contributed by atoms with Crippen molar-refractivity contribution in [2.45, 2.75) is 31.8 Å². The largest absolute Gasteiger partial charge is 0.377 e. The molecule has 1 spiro atoms. The first kappa shape index (κ1) is 9.93. The van der Waals surface area contributed by atoms with Crippen molar-refractivity contribution >= 4 is 5.91 Å². The molecule has 0 aromatic heterocycles. The first-order valence-electron chi connectivity index (χ1n) is 5.24. The van der Waals surface area contributed by atoms with Crippen LogP contribution in [0.2, 0.25) is 0 Å². The minimum atomic E-state index is -0.0346. The lowest BCUT2D eigenvalue weighted by molar-refractivity contribution is -0.136. The van der Waals surface area contributed by atoms with Gasteiger partial charge in [-0.3, -0.25) is 10.1 Å². The van der Waals surface area contributed by atoms with Crippen molar-refractivity contribution in [1.29, 1.82) is 0 Å². The van der Waals surface area contributed by atoms with Crippen LogP contribution in [0, 0.1) is 5.92 Å². The number of amides is 1. The molecule has 2 rings (SSSR count). The van der Waals surface area contributed by atoms with Gasteiger partial charge in [0.2, 0.25) is 5.91 Å². The number of hydrogen-bond acceptors (Lipinski definition) is 3. The zero-order chi connectivity index (χ0) is 10.2. The average molecular weight is 198 g/mol. The molecule has 2 N–H and O–H groups in total. The molecule has 0 saturated carbocycles. The maximum atomic E-state index is 11.5. The van der Waals surface area contributed by atoms with Crippen LogP contribution in [0.1, 0.15) is 20.3 Å². The van der Waals surface area contributed by atoms with Crippen LogP contribution in [0.3, 0.4) is 0 Å². The van der Waals surface area contributed by atoms with Gasteiger partial charge in [0, 0.05) is 6.54 Å². The van der Waals surface area contributed by atoms with Crippen LogP contribution in [0.25, 0.3) is 0 Å². The Morgan fingerprint density at radius 1 is 1.57 bits per heavy atom. The highest BCUT2D eigenvalue weighted by Crippen LogP contribution is 2.21. The number of rotatable bonds is 2. The van der Waals surface area contributed by atoms with E-state index in [9.17, 15) is 4.79 Å². The first-order chi connectivity index (χ1) is 6.61. The topological polar surface area (TPSA) is 50.4 Å². The van der Waals surface area contributed by atoms with E-state index in [0.717, 1.165) is 19.6 Å². The molecule has 2 heterocycles. The fraction of sp³-hybridized carbons (Fsp3) is 0.900. The summed E-state index contributed by atoms with van der Waals surface area (Å²) in [4.78, 5) is 11.5. The van der Waals surface area contributed by atoms with Crippen molar-refractivity contribution in [1.82, 2.24) is 10.6 Å². The number of piperazine rings is 1. The van der Waals surface area contributed by atoms with Gasteiger partial charge in [0.05, 0.1) is 24.8 Å². The molecule has 1 amide bonds. The molecule has 0 radical (unpaired) electrons. The lowest BCUT2D eigenvalue weighted by Crippen LogP contribution is -2.74. The summed E-state index contributed by atoms with van der Waals surface area (Å²) < 4.78 is 5.19. The predicted octanol–water partition coefficient (Wildman–Crippen LogP) is -0.110. The fourth-order valence-electron chi connectivity index (χ4n) is 2.04. The van der Waals surface area contributed by atoms with E-state index in [-0.39, 0.29) is 17.5 Å². The third-order valence-electron chi connectivity index (χ3n) is 2.86.